The molecule has 5 nitrogen and oxygen atoms in total. The summed E-state index contributed by atoms with van der Waals surface area (Å²) in [6, 6.07) is 19.4. The lowest BCUT2D eigenvalue weighted by Crippen LogP contribution is -2.38. The highest BCUT2D eigenvalue weighted by Gasteiger charge is 2.31. The molecule has 0 aliphatic carbocycles. The van der Waals surface area contributed by atoms with Gasteiger partial charge in [-0.15, -0.1) is 0 Å². The highest BCUT2D eigenvalue weighted by atomic mass is 35.5. The van der Waals surface area contributed by atoms with Crippen LogP contribution < -0.4 is 10.2 Å². The molecule has 0 spiro atoms. The number of hydrogen-bond acceptors (Lipinski definition) is 3. The van der Waals surface area contributed by atoms with Crippen molar-refractivity contribution in [2.75, 3.05) is 10.2 Å². The fourth-order valence-electron chi connectivity index (χ4n) is 4.10. The number of anilines is 2. The number of carbonyl (C=O) groups is 2. The third-order valence-corrected chi connectivity index (χ3v) is 6.14. The zero-order valence-electron chi connectivity index (χ0n) is 18.0. The molecule has 1 aliphatic rings. The number of fused-ring (bicyclic) bond motifs is 1. The van der Waals surface area contributed by atoms with Gasteiger partial charge in [0.1, 0.15) is 0 Å². The Kier molecular flexibility index (Phi) is 6.31. The molecule has 1 aliphatic heterocycles. The monoisotopic (exact) mass is 448 g/mol. The van der Waals surface area contributed by atoms with Crippen LogP contribution in [0.1, 0.15) is 57.7 Å². The molecular formula is C26H25ClN2O3. The van der Waals surface area contributed by atoms with Crippen molar-refractivity contribution in [3.05, 3.63) is 94.0 Å². The molecule has 164 valence electrons. The van der Waals surface area contributed by atoms with Gasteiger partial charge in [0.2, 0.25) is 0 Å². The van der Waals surface area contributed by atoms with Crippen molar-refractivity contribution in [1.82, 2.24) is 0 Å². The number of rotatable bonds is 3. The maximum atomic E-state index is 13.4. The van der Waals surface area contributed by atoms with Crippen molar-refractivity contribution in [3.63, 3.8) is 0 Å². The van der Waals surface area contributed by atoms with Gasteiger partial charge in [-0.25, -0.2) is 0 Å². The summed E-state index contributed by atoms with van der Waals surface area (Å²) < 4.78 is 0. The molecule has 32 heavy (non-hydrogen) atoms. The van der Waals surface area contributed by atoms with E-state index in [4.69, 9.17) is 11.6 Å². The second-order valence-corrected chi connectivity index (χ2v) is 8.60. The first-order chi connectivity index (χ1) is 15.3. The lowest BCUT2D eigenvalue weighted by Gasteiger charge is -2.29. The van der Waals surface area contributed by atoms with Gasteiger partial charge in [-0.3, -0.25) is 9.59 Å². The van der Waals surface area contributed by atoms with Gasteiger partial charge in [0.15, 0.2) is 0 Å². The number of aliphatic hydroxyl groups excluding tert-OH is 1. The smallest absolute Gasteiger partial charge is 0.258 e. The van der Waals surface area contributed by atoms with E-state index < -0.39 is 6.10 Å². The van der Waals surface area contributed by atoms with Gasteiger partial charge in [0, 0.05) is 33.4 Å². The molecule has 0 aromatic heterocycles. The molecule has 0 saturated heterocycles. The summed E-state index contributed by atoms with van der Waals surface area (Å²) in [7, 11) is 0. The fraction of sp³-hybridized carbons (Fsp3) is 0.231. The molecule has 6 heteroatoms. The first-order valence-corrected chi connectivity index (χ1v) is 11.0. The minimum absolute atomic E-state index is 0.0833. The Labute approximate surface area is 192 Å². The van der Waals surface area contributed by atoms with Crippen LogP contribution in [0, 0.1) is 6.92 Å². The van der Waals surface area contributed by atoms with E-state index >= 15 is 0 Å². The predicted molar refractivity (Wildman–Crippen MR) is 127 cm³/mol. The van der Waals surface area contributed by atoms with Crippen LogP contribution in [0.15, 0.2) is 66.7 Å². The van der Waals surface area contributed by atoms with E-state index in [1.54, 1.807) is 53.4 Å². The average Bonchev–Trinajstić information content (AvgIpc) is 2.90. The Hall–Kier alpha value is -3.15. The van der Waals surface area contributed by atoms with Crippen LogP contribution in [-0.4, -0.2) is 23.0 Å². The standard InChI is InChI=1S/C26H25ClN2O3/c1-16-5-3-4-6-21(16)25(31)28-20-11-8-18(9-12-20)26(32)29-17(2)7-14-24(30)22-15-19(27)10-13-23(22)29/h3-6,8-13,15,17,24,30H,7,14H2,1-2H3,(H,28,31). The fourth-order valence-corrected chi connectivity index (χ4v) is 4.28. The Bertz CT molecular complexity index is 1160. The highest BCUT2D eigenvalue weighted by molar-refractivity contribution is 6.30. The number of halogens is 1. The molecule has 0 bridgehead atoms. The Morgan fingerprint density at radius 3 is 2.47 bits per heavy atom. The Balaban J connectivity index is 1.58. The van der Waals surface area contributed by atoms with Gasteiger partial charge in [0.05, 0.1) is 11.8 Å². The topological polar surface area (TPSA) is 69.6 Å². The molecule has 2 unspecified atom stereocenters. The summed E-state index contributed by atoms with van der Waals surface area (Å²) in [4.78, 5) is 27.7. The third kappa shape index (κ3) is 4.40. The van der Waals surface area contributed by atoms with E-state index in [-0.39, 0.29) is 17.9 Å². The van der Waals surface area contributed by atoms with Gasteiger partial charge in [-0.2, -0.15) is 0 Å². The van der Waals surface area contributed by atoms with Crippen LogP contribution in [0.25, 0.3) is 0 Å². The first kappa shape index (κ1) is 22.1. The van der Waals surface area contributed by atoms with Gasteiger partial charge < -0.3 is 15.3 Å². The van der Waals surface area contributed by atoms with E-state index in [2.05, 4.69) is 5.32 Å². The summed E-state index contributed by atoms with van der Waals surface area (Å²) in [6.07, 6.45) is 0.564. The van der Waals surface area contributed by atoms with Crippen LogP contribution in [0.5, 0.6) is 0 Å². The van der Waals surface area contributed by atoms with Crippen LogP contribution in [0.4, 0.5) is 11.4 Å². The number of aliphatic hydroxyl groups is 1. The summed E-state index contributed by atoms with van der Waals surface area (Å²) in [5.41, 5.74) is 3.96. The summed E-state index contributed by atoms with van der Waals surface area (Å²) in [5, 5.41) is 14.0. The summed E-state index contributed by atoms with van der Waals surface area (Å²) >= 11 is 6.14. The zero-order valence-corrected chi connectivity index (χ0v) is 18.8. The van der Waals surface area contributed by atoms with Gasteiger partial charge >= 0.3 is 0 Å². The SMILES string of the molecule is Cc1ccccc1C(=O)Nc1ccc(C(=O)N2c3ccc(Cl)cc3C(O)CCC2C)cc1. The number of carbonyl (C=O) groups excluding carboxylic acids is 2. The van der Waals surface area contributed by atoms with Crippen molar-refractivity contribution in [2.24, 2.45) is 0 Å². The largest absolute Gasteiger partial charge is 0.388 e. The number of nitrogens with zero attached hydrogens (tertiary/aromatic N) is 1. The van der Waals surface area contributed by atoms with Crippen molar-refractivity contribution >= 4 is 34.8 Å². The molecule has 2 atom stereocenters. The molecule has 4 rings (SSSR count). The van der Waals surface area contributed by atoms with Crippen molar-refractivity contribution in [1.29, 1.82) is 0 Å². The maximum Gasteiger partial charge on any atom is 0.258 e. The quantitative estimate of drug-likeness (QED) is 0.535. The van der Waals surface area contributed by atoms with Crippen LogP contribution in [0.2, 0.25) is 5.02 Å². The Morgan fingerprint density at radius 2 is 1.75 bits per heavy atom. The summed E-state index contributed by atoms with van der Waals surface area (Å²) in [5.74, 6) is -0.352. The molecule has 3 aromatic carbocycles. The molecule has 1 heterocycles. The normalized spacial score (nSPS) is 17.9. The molecule has 2 amide bonds. The second-order valence-electron chi connectivity index (χ2n) is 8.17. The lowest BCUT2D eigenvalue weighted by molar-refractivity contribution is 0.0976. The maximum absolute atomic E-state index is 13.4. The van der Waals surface area contributed by atoms with Crippen molar-refractivity contribution < 1.29 is 14.7 Å². The van der Waals surface area contributed by atoms with E-state index in [9.17, 15) is 14.7 Å². The van der Waals surface area contributed by atoms with Gasteiger partial charge in [-0.05, 0) is 80.8 Å². The first-order valence-electron chi connectivity index (χ1n) is 10.6. The molecule has 3 aromatic rings. The molecule has 0 fully saturated rings. The molecular weight excluding hydrogens is 424 g/mol. The Morgan fingerprint density at radius 1 is 1.03 bits per heavy atom. The minimum atomic E-state index is -0.664. The number of aryl methyl sites for hydroxylation is 1. The minimum Gasteiger partial charge on any atom is -0.388 e. The number of nitrogens with one attached hydrogen (secondary N) is 1. The zero-order chi connectivity index (χ0) is 22.8. The van der Waals surface area contributed by atoms with E-state index in [1.807, 2.05) is 32.0 Å². The van der Waals surface area contributed by atoms with Crippen molar-refractivity contribution in [2.45, 2.75) is 38.8 Å². The van der Waals surface area contributed by atoms with Gasteiger partial charge in [0.25, 0.3) is 11.8 Å². The third-order valence-electron chi connectivity index (χ3n) is 5.90. The van der Waals surface area contributed by atoms with Crippen molar-refractivity contribution in [3.8, 4) is 0 Å². The van der Waals surface area contributed by atoms with E-state index in [0.29, 0.717) is 45.9 Å². The summed E-state index contributed by atoms with van der Waals surface area (Å²) in [6.45, 7) is 3.87. The number of hydrogen-bond donors (Lipinski definition) is 2. The number of benzene rings is 3. The molecule has 2 N–H and O–H groups in total. The second kappa shape index (κ2) is 9.15. The van der Waals surface area contributed by atoms with E-state index in [1.165, 1.54) is 0 Å². The van der Waals surface area contributed by atoms with Crippen LogP contribution >= 0.6 is 11.6 Å². The van der Waals surface area contributed by atoms with Crippen LogP contribution in [0.3, 0.4) is 0 Å². The van der Waals surface area contributed by atoms with Gasteiger partial charge in [-0.1, -0.05) is 29.8 Å². The molecule has 0 radical (unpaired) electrons. The highest BCUT2D eigenvalue weighted by Crippen LogP contribution is 2.37. The average molecular weight is 449 g/mol. The van der Waals surface area contributed by atoms with Crippen LogP contribution in [-0.2, 0) is 0 Å². The number of amides is 2. The lowest BCUT2D eigenvalue weighted by atomic mass is 10.0. The predicted octanol–water partition coefficient (Wildman–Crippen LogP) is 5.76. The van der Waals surface area contributed by atoms with E-state index in [0.717, 1.165) is 5.56 Å². The molecule has 0 saturated carbocycles.